The number of carbonyl (C=O) groups excluding carboxylic acids is 2. The molecule has 0 bridgehead atoms. The minimum absolute atomic E-state index is 0.249. The summed E-state index contributed by atoms with van der Waals surface area (Å²) < 4.78 is 1.02. The lowest BCUT2D eigenvalue weighted by Crippen LogP contribution is -2.53. The normalized spacial score (nSPS) is 22.5. The Balaban J connectivity index is 1.34. The minimum Gasteiger partial charge on any atom is -0.339 e. The molecule has 2 aliphatic carbocycles. The van der Waals surface area contributed by atoms with Crippen LogP contribution in [0.5, 0.6) is 0 Å². The van der Waals surface area contributed by atoms with Crippen molar-refractivity contribution in [3.63, 3.8) is 0 Å². The monoisotopic (exact) mass is 418 g/mol. The van der Waals surface area contributed by atoms with Gasteiger partial charge in [-0.1, -0.05) is 40.9 Å². The molecule has 2 saturated carbocycles. The fraction of sp³-hybridized carbons (Fsp3) is 0.619. The van der Waals surface area contributed by atoms with Crippen molar-refractivity contribution in [1.29, 1.82) is 0 Å². The Morgan fingerprint density at radius 1 is 1.04 bits per heavy atom. The van der Waals surface area contributed by atoms with Gasteiger partial charge in [0.05, 0.1) is 5.41 Å². The van der Waals surface area contributed by atoms with Crippen LogP contribution in [0.3, 0.4) is 0 Å². The van der Waals surface area contributed by atoms with E-state index in [1.165, 1.54) is 25.7 Å². The number of piperazine rings is 1. The number of hydrogen-bond donors (Lipinski definition) is 0. The van der Waals surface area contributed by atoms with Gasteiger partial charge in [-0.15, -0.1) is 0 Å². The lowest BCUT2D eigenvalue weighted by Gasteiger charge is -2.37. The maximum atomic E-state index is 13.2. The highest BCUT2D eigenvalue weighted by Crippen LogP contribution is 2.50. The number of halogens is 1. The third kappa shape index (κ3) is 3.55. The van der Waals surface area contributed by atoms with Gasteiger partial charge < -0.3 is 9.80 Å². The molecule has 0 spiro atoms. The van der Waals surface area contributed by atoms with Crippen molar-refractivity contribution in [3.05, 3.63) is 34.3 Å². The van der Waals surface area contributed by atoms with Crippen molar-refractivity contribution in [2.45, 2.75) is 50.4 Å². The molecule has 3 fully saturated rings. The molecular formula is C21H27BrN2O2. The Morgan fingerprint density at radius 3 is 2.31 bits per heavy atom. The fourth-order valence-electron chi connectivity index (χ4n) is 4.59. The maximum Gasteiger partial charge on any atom is 0.233 e. The van der Waals surface area contributed by atoms with Crippen LogP contribution in [0.15, 0.2) is 28.7 Å². The first kappa shape index (κ1) is 18.0. The van der Waals surface area contributed by atoms with E-state index in [2.05, 4.69) is 28.1 Å². The molecule has 0 atom stereocenters. The van der Waals surface area contributed by atoms with Gasteiger partial charge in [0.2, 0.25) is 11.8 Å². The third-order valence-corrected chi connectivity index (χ3v) is 6.89. The quantitative estimate of drug-likeness (QED) is 0.746. The van der Waals surface area contributed by atoms with Crippen LogP contribution in [0.1, 0.15) is 50.5 Å². The van der Waals surface area contributed by atoms with Crippen LogP contribution >= 0.6 is 15.9 Å². The summed E-state index contributed by atoms with van der Waals surface area (Å²) in [6.07, 6.45) is 7.54. The largest absolute Gasteiger partial charge is 0.339 e. The highest BCUT2D eigenvalue weighted by atomic mass is 79.9. The average molecular weight is 419 g/mol. The SMILES string of the molecule is O=C(CC1CCCC1)N1CCN(C(=O)C2(c3cccc(Br)c3)CC2)CC1. The first-order valence-electron chi connectivity index (χ1n) is 9.92. The van der Waals surface area contributed by atoms with E-state index in [0.29, 0.717) is 38.5 Å². The summed E-state index contributed by atoms with van der Waals surface area (Å²) in [5, 5.41) is 0. The van der Waals surface area contributed by atoms with E-state index >= 15 is 0 Å². The van der Waals surface area contributed by atoms with Crippen LogP contribution in [0, 0.1) is 5.92 Å². The molecule has 2 amide bonds. The summed E-state index contributed by atoms with van der Waals surface area (Å²) in [5.41, 5.74) is 0.802. The van der Waals surface area contributed by atoms with E-state index < -0.39 is 0 Å². The molecule has 4 nitrogen and oxygen atoms in total. The van der Waals surface area contributed by atoms with Crippen LogP contribution in [0.4, 0.5) is 0 Å². The second kappa shape index (κ2) is 7.34. The minimum atomic E-state index is -0.320. The van der Waals surface area contributed by atoms with E-state index in [9.17, 15) is 9.59 Å². The van der Waals surface area contributed by atoms with Crippen LogP contribution < -0.4 is 0 Å². The zero-order valence-corrected chi connectivity index (χ0v) is 16.8. The van der Waals surface area contributed by atoms with Crippen LogP contribution in [0.2, 0.25) is 0 Å². The number of carbonyl (C=O) groups is 2. The van der Waals surface area contributed by atoms with E-state index in [-0.39, 0.29) is 17.2 Å². The van der Waals surface area contributed by atoms with Crippen LogP contribution in [-0.4, -0.2) is 47.8 Å². The van der Waals surface area contributed by atoms with Gasteiger partial charge in [0.25, 0.3) is 0 Å². The summed E-state index contributed by atoms with van der Waals surface area (Å²) in [6.45, 7) is 2.72. The standard InChI is InChI=1S/C21H27BrN2O2/c22-18-7-3-6-17(15-18)21(8-9-21)20(26)24-12-10-23(11-13-24)19(25)14-16-4-1-2-5-16/h3,6-7,15-16H,1-2,4-5,8-14H2. The van der Waals surface area contributed by atoms with Gasteiger partial charge in [0, 0.05) is 37.1 Å². The molecule has 0 N–H and O–H groups in total. The number of rotatable bonds is 4. The predicted molar refractivity (Wildman–Crippen MR) is 105 cm³/mol. The molecule has 1 saturated heterocycles. The maximum absolute atomic E-state index is 13.2. The Hall–Kier alpha value is -1.36. The molecule has 0 aromatic heterocycles. The number of hydrogen-bond acceptors (Lipinski definition) is 2. The van der Waals surface area contributed by atoms with Crippen molar-refractivity contribution in [3.8, 4) is 0 Å². The smallest absolute Gasteiger partial charge is 0.233 e. The van der Waals surface area contributed by atoms with E-state index in [1.807, 2.05) is 21.9 Å². The van der Waals surface area contributed by atoms with Crippen LogP contribution in [-0.2, 0) is 15.0 Å². The number of amides is 2. The zero-order valence-electron chi connectivity index (χ0n) is 15.3. The van der Waals surface area contributed by atoms with E-state index in [1.54, 1.807) is 0 Å². The predicted octanol–water partition coefficient (Wildman–Crippen LogP) is 3.73. The molecular weight excluding hydrogens is 392 g/mol. The highest BCUT2D eigenvalue weighted by Gasteiger charge is 2.53. The first-order chi connectivity index (χ1) is 12.6. The van der Waals surface area contributed by atoms with E-state index in [0.717, 1.165) is 22.9 Å². The Labute approximate surface area is 164 Å². The first-order valence-corrected chi connectivity index (χ1v) is 10.7. The molecule has 1 aromatic carbocycles. The second-order valence-corrected chi connectivity index (χ2v) is 9.04. The molecule has 140 valence electrons. The van der Waals surface area contributed by atoms with Crippen LogP contribution in [0.25, 0.3) is 0 Å². The zero-order chi connectivity index (χ0) is 18.1. The molecule has 1 aliphatic heterocycles. The van der Waals surface area contributed by atoms with Gasteiger partial charge in [-0.2, -0.15) is 0 Å². The topological polar surface area (TPSA) is 40.6 Å². The fourth-order valence-corrected chi connectivity index (χ4v) is 4.99. The van der Waals surface area contributed by atoms with Gasteiger partial charge in [-0.05, 0) is 49.3 Å². The van der Waals surface area contributed by atoms with Gasteiger partial charge in [0.1, 0.15) is 0 Å². The molecule has 1 aromatic rings. The van der Waals surface area contributed by atoms with Gasteiger partial charge in [-0.25, -0.2) is 0 Å². The average Bonchev–Trinajstić information content (AvgIpc) is 3.32. The lowest BCUT2D eigenvalue weighted by atomic mass is 9.94. The molecule has 3 aliphatic rings. The summed E-state index contributed by atoms with van der Waals surface area (Å²) >= 11 is 3.52. The van der Waals surface area contributed by atoms with Gasteiger partial charge in [-0.3, -0.25) is 9.59 Å². The van der Waals surface area contributed by atoms with Crippen molar-refractivity contribution in [2.24, 2.45) is 5.92 Å². The van der Waals surface area contributed by atoms with Gasteiger partial charge >= 0.3 is 0 Å². The summed E-state index contributed by atoms with van der Waals surface area (Å²) in [7, 11) is 0. The molecule has 0 radical (unpaired) electrons. The van der Waals surface area contributed by atoms with Crippen molar-refractivity contribution in [1.82, 2.24) is 9.80 Å². The van der Waals surface area contributed by atoms with Gasteiger partial charge in [0.15, 0.2) is 0 Å². The lowest BCUT2D eigenvalue weighted by molar-refractivity contribution is -0.141. The van der Waals surface area contributed by atoms with Crippen molar-refractivity contribution >= 4 is 27.7 Å². The Morgan fingerprint density at radius 2 is 1.69 bits per heavy atom. The number of benzene rings is 1. The van der Waals surface area contributed by atoms with E-state index in [4.69, 9.17) is 0 Å². The summed E-state index contributed by atoms with van der Waals surface area (Å²) in [6, 6.07) is 8.15. The summed E-state index contributed by atoms with van der Waals surface area (Å²) in [4.78, 5) is 29.6. The number of nitrogens with zero attached hydrogens (tertiary/aromatic N) is 2. The molecule has 0 unspecified atom stereocenters. The highest BCUT2D eigenvalue weighted by molar-refractivity contribution is 9.10. The van der Waals surface area contributed by atoms with Crippen molar-refractivity contribution in [2.75, 3.05) is 26.2 Å². The Bertz CT molecular complexity index is 687. The molecule has 26 heavy (non-hydrogen) atoms. The third-order valence-electron chi connectivity index (χ3n) is 6.39. The Kier molecular flexibility index (Phi) is 5.09. The second-order valence-electron chi connectivity index (χ2n) is 8.12. The molecule has 1 heterocycles. The van der Waals surface area contributed by atoms with Crippen molar-refractivity contribution < 1.29 is 9.59 Å². The molecule has 4 rings (SSSR count). The summed E-state index contributed by atoms with van der Waals surface area (Å²) in [5.74, 6) is 1.13. The molecule has 5 heteroatoms.